The van der Waals surface area contributed by atoms with Crippen molar-refractivity contribution in [2.24, 2.45) is 0 Å². The molecular weight excluding hydrogens is 568 g/mol. The number of hydrogen-bond acceptors (Lipinski definition) is 5. The van der Waals surface area contributed by atoms with Crippen molar-refractivity contribution < 1.29 is 15.0 Å². The highest BCUT2D eigenvalue weighted by Crippen LogP contribution is 2.50. The summed E-state index contributed by atoms with van der Waals surface area (Å²) in [5.41, 5.74) is 23.0. The zero-order valence-electron chi connectivity index (χ0n) is 24.8. The average molecular weight is 599 g/mol. The molecule has 0 aliphatic heterocycles. The molecule has 7 rings (SSSR count). The number of allylic oxidation sites excluding steroid dienone is 4. The van der Waals surface area contributed by atoms with Gasteiger partial charge < -0.3 is 21.7 Å². The van der Waals surface area contributed by atoms with Gasteiger partial charge in [0, 0.05) is 33.7 Å². The van der Waals surface area contributed by atoms with Gasteiger partial charge in [0.25, 0.3) is 0 Å². The molecule has 5 nitrogen and oxygen atoms in total. The van der Waals surface area contributed by atoms with Gasteiger partial charge in [-0.3, -0.25) is 4.79 Å². The standard InChI is InChI=1S/C41H30N2O3/c42-33-17-9-27(10-18-33)25-1-5-31(6-2-25)39-37(29-13-21-35(44)22-14-29)38(30-15-23-36(45)24-16-30)40(41(39)46)32-7-3-26(4-8-32)28-11-19-34(43)20-12-28/h1-24,44-45H,42-43H2. The summed E-state index contributed by atoms with van der Waals surface area (Å²) >= 11 is 0. The maximum atomic E-state index is 14.8. The lowest BCUT2D eigenvalue weighted by atomic mass is 9.89. The Morgan fingerprint density at radius 3 is 0.826 bits per heavy atom. The molecule has 1 aliphatic rings. The molecule has 0 spiro atoms. The third kappa shape index (κ3) is 5.31. The van der Waals surface area contributed by atoms with E-state index in [1.807, 2.05) is 121 Å². The molecular formula is C41H30N2O3. The van der Waals surface area contributed by atoms with Crippen molar-refractivity contribution >= 4 is 39.5 Å². The zero-order chi connectivity index (χ0) is 31.8. The molecule has 6 aromatic carbocycles. The number of phenols is 2. The first-order chi connectivity index (χ1) is 22.4. The summed E-state index contributed by atoms with van der Waals surface area (Å²) in [6.07, 6.45) is 0. The van der Waals surface area contributed by atoms with Gasteiger partial charge in [-0.25, -0.2) is 0 Å². The van der Waals surface area contributed by atoms with E-state index in [9.17, 15) is 15.0 Å². The topological polar surface area (TPSA) is 110 Å². The van der Waals surface area contributed by atoms with E-state index in [-0.39, 0.29) is 17.3 Å². The molecule has 5 heteroatoms. The first kappa shape index (κ1) is 28.4. The van der Waals surface area contributed by atoms with Crippen molar-refractivity contribution in [2.45, 2.75) is 0 Å². The minimum atomic E-state index is -0.105. The molecule has 0 radical (unpaired) electrons. The Bertz CT molecular complexity index is 1970. The van der Waals surface area contributed by atoms with E-state index in [1.54, 1.807) is 24.3 Å². The number of nitrogens with two attached hydrogens (primary N) is 2. The maximum absolute atomic E-state index is 14.8. The van der Waals surface area contributed by atoms with Crippen LogP contribution in [0, 0.1) is 0 Å². The van der Waals surface area contributed by atoms with Crippen LogP contribution >= 0.6 is 0 Å². The molecule has 46 heavy (non-hydrogen) atoms. The quantitative estimate of drug-likeness (QED) is 0.143. The van der Waals surface area contributed by atoms with Crippen LogP contribution in [0.15, 0.2) is 146 Å². The predicted octanol–water partition coefficient (Wildman–Crippen LogP) is 8.70. The molecule has 0 saturated carbocycles. The average Bonchev–Trinajstić information content (AvgIpc) is 3.39. The molecule has 0 saturated heterocycles. The molecule has 0 atom stereocenters. The molecule has 222 valence electrons. The van der Waals surface area contributed by atoms with Crippen LogP contribution in [-0.2, 0) is 4.79 Å². The van der Waals surface area contributed by atoms with E-state index in [4.69, 9.17) is 11.5 Å². The van der Waals surface area contributed by atoms with Crippen LogP contribution in [-0.4, -0.2) is 16.0 Å². The number of carbonyl (C=O) groups is 1. The van der Waals surface area contributed by atoms with Gasteiger partial charge in [-0.2, -0.15) is 0 Å². The van der Waals surface area contributed by atoms with Crippen LogP contribution in [0.3, 0.4) is 0 Å². The number of aromatic hydroxyl groups is 2. The summed E-state index contributed by atoms with van der Waals surface area (Å²) < 4.78 is 0. The van der Waals surface area contributed by atoms with Gasteiger partial charge >= 0.3 is 0 Å². The van der Waals surface area contributed by atoms with Gasteiger partial charge in [-0.1, -0.05) is 97.1 Å². The fraction of sp³-hybridized carbons (Fsp3) is 0. The van der Waals surface area contributed by atoms with Crippen LogP contribution in [0.4, 0.5) is 11.4 Å². The Morgan fingerprint density at radius 2 is 0.522 bits per heavy atom. The summed E-state index contributed by atoms with van der Waals surface area (Å²) in [4.78, 5) is 14.8. The summed E-state index contributed by atoms with van der Waals surface area (Å²) in [6.45, 7) is 0. The first-order valence-electron chi connectivity index (χ1n) is 14.9. The highest BCUT2D eigenvalue weighted by atomic mass is 16.3. The Hall–Kier alpha value is -6.33. The fourth-order valence-corrected chi connectivity index (χ4v) is 6.00. The van der Waals surface area contributed by atoms with Crippen LogP contribution in [0.1, 0.15) is 22.3 Å². The van der Waals surface area contributed by atoms with Gasteiger partial charge in [0.15, 0.2) is 5.78 Å². The van der Waals surface area contributed by atoms with E-state index >= 15 is 0 Å². The molecule has 0 unspecified atom stereocenters. The lowest BCUT2D eigenvalue weighted by molar-refractivity contribution is -0.108. The van der Waals surface area contributed by atoms with E-state index in [1.165, 1.54) is 0 Å². The van der Waals surface area contributed by atoms with Gasteiger partial charge in [0.05, 0.1) is 0 Å². The third-order valence-corrected chi connectivity index (χ3v) is 8.35. The summed E-state index contributed by atoms with van der Waals surface area (Å²) in [7, 11) is 0. The van der Waals surface area contributed by atoms with Crippen molar-refractivity contribution in [2.75, 3.05) is 11.5 Å². The molecule has 0 amide bonds. The van der Waals surface area contributed by atoms with Crippen LogP contribution < -0.4 is 11.5 Å². The van der Waals surface area contributed by atoms with Crippen LogP contribution in [0.2, 0.25) is 0 Å². The van der Waals surface area contributed by atoms with Crippen molar-refractivity contribution in [1.82, 2.24) is 0 Å². The van der Waals surface area contributed by atoms with E-state index in [0.717, 1.165) is 55.7 Å². The van der Waals surface area contributed by atoms with Crippen molar-refractivity contribution in [3.05, 3.63) is 168 Å². The van der Waals surface area contributed by atoms with E-state index in [0.29, 0.717) is 22.5 Å². The highest BCUT2D eigenvalue weighted by Gasteiger charge is 2.35. The second kappa shape index (κ2) is 11.6. The number of carbonyl (C=O) groups excluding carboxylic acids is 1. The predicted molar refractivity (Wildman–Crippen MR) is 187 cm³/mol. The Balaban J connectivity index is 1.41. The fourth-order valence-electron chi connectivity index (χ4n) is 6.00. The van der Waals surface area contributed by atoms with Crippen LogP contribution in [0.5, 0.6) is 11.5 Å². The summed E-state index contributed by atoms with van der Waals surface area (Å²) in [5.74, 6) is 0.167. The number of nitrogen functional groups attached to an aromatic ring is 2. The van der Waals surface area contributed by atoms with Crippen molar-refractivity contribution in [3.8, 4) is 33.8 Å². The Morgan fingerprint density at radius 1 is 0.304 bits per heavy atom. The largest absolute Gasteiger partial charge is 0.508 e. The second-order valence-electron chi connectivity index (χ2n) is 11.3. The normalized spacial score (nSPS) is 13.0. The Kier molecular flexibility index (Phi) is 7.19. The molecule has 0 heterocycles. The van der Waals surface area contributed by atoms with Crippen LogP contribution in [0.25, 0.3) is 44.5 Å². The van der Waals surface area contributed by atoms with Gasteiger partial charge in [-0.15, -0.1) is 0 Å². The smallest absolute Gasteiger partial charge is 0.195 e. The number of benzene rings is 6. The number of phenolic OH excluding ortho intramolecular Hbond substituents is 2. The summed E-state index contributed by atoms with van der Waals surface area (Å²) in [5, 5.41) is 20.3. The minimum absolute atomic E-state index is 0.105. The second-order valence-corrected chi connectivity index (χ2v) is 11.3. The number of Topliss-reactive ketones (excluding diaryl/α,β-unsaturated/α-hetero) is 1. The molecule has 1 aliphatic carbocycles. The Labute approximate surface area is 267 Å². The number of rotatable bonds is 6. The number of ketones is 1. The van der Waals surface area contributed by atoms with E-state index < -0.39 is 0 Å². The molecule has 0 aromatic heterocycles. The lowest BCUT2D eigenvalue weighted by Crippen LogP contribution is -2.02. The van der Waals surface area contributed by atoms with Crippen molar-refractivity contribution in [3.63, 3.8) is 0 Å². The van der Waals surface area contributed by atoms with E-state index in [2.05, 4.69) is 0 Å². The minimum Gasteiger partial charge on any atom is -0.508 e. The molecule has 6 aromatic rings. The lowest BCUT2D eigenvalue weighted by Gasteiger charge is -2.14. The molecule has 6 N–H and O–H groups in total. The summed E-state index contributed by atoms with van der Waals surface area (Å²) in [6, 6.07) is 45.1. The SMILES string of the molecule is Nc1ccc(-c2ccc(C3=C(c4ccc(O)cc4)C(c4ccc(O)cc4)=C(c4ccc(-c5ccc(N)cc5)cc4)C3=O)cc2)cc1. The molecule has 0 bridgehead atoms. The number of anilines is 2. The first-order valence-corrected chi connectivity index (χ1v) is 14.9. The maximum Gasteiger partial charge on any atom is 0.195 e. The zero-order valence-corrected chi connectivity index (χ0v) is 24.8. The van der Waals surface area contributed by atoms with Gasteiger partial charge in [0.1, 0.15) is 11.5 Å². The monoisotopic (exact) mass is 598 g/mol. The molecule has 0 fully saturated rings. The van der Waals surface area contributed by atoms with Gasteiger partial charge in [0.2, 0.25) is 0 Å². The highest BCUT2D eigenvalue weighted by molar-refractivity contribution is 6.59. The van der Waals surface area contributed by atoms with Gasteiger partial charge in [-0.05, 0) is 93.0 Å². The number of hydrogen-bond donors (Lipinski definition) is 4. The van der Waals surface area contributed by atoms with Crippen molar-refractivity contribution in [1.29, 1.82) is 0 Å². The third-order valence-electron chi connectivity index (χ3n) is 8.35.